The Balaban J connectivity index is 2.05. The van der Waals surface area contributed by atoms with Gasteiger partial charge in [0, 0.05) is 18.7 Å². The lowest BCUT2D eigenvalue weighted by molar-refractivity contribution is -0.274. The number of carbonyl (C=O) groups is 1. The first-order valence-corrected chi connectivity index (χ1v) is 6.81. The number of amides is 1. The SMILES string of the molecule is O=C(N1CCOCC1)C(F)(F)C#Cc1ccc(OC(F)(F)F)cc1. The molecule has 0 aliphatic carbocycles. The molecule has 1 heterocycles. The summed E-state index contributed by atoms with van der Waals surface area (Å²) in [5.74, 6) is -2.17. The minimum atomic E-state index is -4.84. The number of rotatable bonds is 2. The van der Waals surface area contributed by atoms with Crippen LogP contribution in [0.1, 0.15) is 5.56 Å². The summed E-state index contributed by atoms with van der Waals surface area (Å²) in [7, 11) is 0. The molecule has 0 N–H and O–H groups in total. The minimum Gasteiger partial charge on any atom is -0.406 e. The van der Waals surface area contributed by atoms with Gasteiger partial charge in [0.05, 0.1) is 13.2 Å². The molecule has 24 heavy (non-hydrogen) atoms. The third kappa shape index (κ3) is 5.09. The predicted octanol–water partition coefficient (Wildman–Crippen LogP) is 2.43. The molecule has 1 amide bonds. The number of hydrogen-bond acceptors (Lipinski definition) is 3. The molecule has 4 nitrogen and oxygen atoms in total. The van der Waals surface area contributed by atoms with Gasteiger partial charge in [-0.15, -0.1) is 13.2 Å². The fourth-order valence-electron chi connectivity index (χ4n) is 1.91. The van der Waals surface area contributed by atoms with Crippen molar-refractivity contribution in [1.82, 2.24) is 4.90 Å². The van der Waals surface area contributed by atoms with Gasteiger partial charge < -0.3 is 14.4 Å². The Hall–Kier alpha value is -2.34. The topological polar surface area (TPSA) is 38.8 Å². The lowest BCUT2D eigenvalue weighted by Gasteiger charge is -2.28. The highest BCUT2D eigenvalue weighted by molar-refractivity contribution is 5.87. The van der Waals surface area contributed by atoms with Crippen LogP contribution in [0.15, 0.2) is 24.3 Å². The van der Waals surface area contributed by atoms with Gasteiger partial charge in [0.1, 0.15) is 5.75 Å². The highest BCUT2D eigenvalue weighted by atomic mass is 19.4. The Morgan fingerprint density at radius 2 is 1.67 bits per heavy atom. The third-order valence-electron chi connectivity index (χ3n) is 3.02. The van der Waals surface area contributed by atoms with Crippen LogP contribution in [0.4, 0.5) is 22.0 Å². The van der Waals surface area contributed by atoms with Crippen molar-refractivity contribution < 1.29 is 36.2 Å². The van der Waals surface area contributed by atoms with Gasteiger partial charge in [-0.25, -0.2) is 0 Å². The van der Waals surface area contributed by atoms with Crippen molar-refractivity contribution in [2.24, 2.45) is 0 Å². The monoisotopic (exact) mass is 349 g/mol. The van der Waals surface area contributed by atoms with Crippen molar-refractivity contribution in [2.45, 2.75) is 12.3 Å². The van der Waals surface area contributed by atoms with Gasteiger partial charge in [0.15, 0.2) is 0 Å². The van der Waals surface area contributed by atoms with Crippen molar-refractivity contribution >= 4 is 5.91 Å². The average Bonchev–Trinajstić information content (AvgIpc) is 2.53. The van der Waals surface area contributed by atoms with Gasteiger partial charge in [-0.1, -0.05) is 5.92 Å². The molecule has 0 aromatic heterocycles. The van der Waals surface area contributed by atoms with Gasteiger partial charge in [-0.3, -0.25) is 4.79 Å². The van der Waals surface area contributed by atoms with E-state index >= 15 is 0 Å². The fraction of sp³-hybridized carbons (Fsp3) is 0.400. The molecule has 1 aliphatic heterocycles. The minimum absolute atomic E-state index is 0.0268. The number of nitrogens with zero attached hydrogens (tertiary/aromatic N) is 1. The van der Waals surface area contributed by atoms with Crippen LogP contribution in [0.5, 0.6) is 5.75 Å². The molecule has 130 valence electrons. The summed E-state index contributed by atoms with van der Waals surface area (Å²) < 4.78 is 72.3. The van der Waals surface area contributed by atoms with Crippen molar-refractivity contribution in [2.75, 3.05) is 26.3 Å². The molecule has 1 aromatic rings. The van der Waals surface area contributed by atoms with E-state index in [0.29, 0.717) is 0 Å². The number of hydrogen-bond donors (Lipinski definition) is 0. The van der Waals surface area contributed by atoms with Gasteiger partial charge in [-0.05, 0) is 30.2 Å². The second-order valence-corrected chi connectivity index (χ2v) is 4.80. The van der Waals surface area contributed by atoms with Crippen LogP contribution in [-0.2, 0) is 9.53 Å². The van der Waals surface area contributed by atoms with E-state index in [9.17, 15) is 26.7 Å². The van der Waals surface area contributed by atoms with Crippen LogP contribution in [0.3, 0.4) is 0 Å². The molecule has 1 aromatic carbocycles. The molecule has 0 unspecified atom stereocenters. The summed E-state index contributed by atoms with van der Waals surface area (Å²) in [6, 6.07) is 4.06. The summed E-state index contributed by atoms with van der Waals surface area (Å²) in [6.07, 6.45) is -4.84. The molecular formula is C15H12F5NO3. The summed E-state index contributed by atoms with van der Waals surface area (Å²) in [5.41, 5.74) is 0.0268. The molecule has 2 rings (SSSR count). The normalized spacial score (nSPS) is 15.5. The maximum atomic E-state index is 13.8. The molecule has 0 spiro atoms. The van der Waals surface area contributed by atoms with Crippen molar-refractivity contribution in [3.05, 3.63) is 29.8 Å². The Labute approximate surface area is 134 Å². The van der Waals surface area contributed by atoms with Crippen LogP contribution in [0, 0.1) is 11.8 Å². The van der Waals surface area contributed by atoms with Crippen molar-refractivity contribution in [3.63, 3.8) is 0 Å². The molecule has 1 aliphatic rings. The Kier molecular flexibility index (Phi) is 5.29. The van der Waals surface area contributed by atoms with E-state index in [-0.39, 0.29) is 31.9 Å². The highest BCUT2D eigenvalue weighted by Gasteiger charge is 2.40. The number of alkyl halides is 5. The van der Waals surface area contributed by atoms with E-state index in [1.54, 1.807) is 5.92 Å². The molecular weight excluding hydrogens is 337 g/mol. The lowest BCUT2D eigenvalue weighted by atomic mass is 10.2. The molecule has 0 atom stereocenters. The zero-order chi connectivity index (χ0) is 17.8. The van der Waals surface area contributed by atoms with Crippen LogP contribution >= 0.6 is 0 Å². The van der Waals surface area contributed by atoms with Crippen LogP contribution in [0.2, 0.25) is 0 Å². The average molecular weight is 349 g/mol. The highest BCUT2D eigenvalue weighted by Crippen LogP contribution is 2.23. The molecule has 1 fully saturated rings. The molecule has 9 heteroatoms. The Morgan fingerprint density at radius 1 is 1.08 bits per heavy atom. The maximum Gasteiger partial charge on any atom is 0.573 e. The predicted molar refractivity (Wildman–Crippen MR) is 72.3 cm³/mol. The Morgan fingerprint density at radius 3 is 2.21 bits per heavy atom. The standard InChI is InChI=1S/C15H12F5NO3/c16-14(17,13(22)21-7-9-23-10-8-21)6-5-11-1-3-12(4-2-11)24-15(18,19)20/h1-4H,7-10H2. The Bertz CT molecular complexity index is 640. The van der Waals surface area contributed by atoms with Crippen molar-refractivity contribution in [3.8, 4) is 17.6 Å². The largest absolute Gasteiger partial charge is 0.573 e. The number of carbonyl (C=O) groups excluding carboxylic acids is 1. The molecule has 0 saturated carbocycles. The molecule has 1 saturated heterocycles. The van der Waals surface area contributed by atoms with Crippen molar-refractivity contribution in [1.29, 1.82) is 0 Å². The van der Waals surface area contributed by atoms with Gasteiger partial charge in [-0.2, -0.15) is 8.78 Å². The van der Waals surface area contributed by atoms with Gasteiger partial charge in [0.25, 0.3) is 0 Å². The van der Waals surface area contributed by atoms with Crippen LogP contribution in [0.25, 0.3) is 0 Å². The first-order chi connectivity index (χ1) is 11.2. The number of benzene rings is 1. The zero-order valence-corrected chi connectivity index (χ0v) is 12.2. The van der Waals surface area contributed by atoms with E-state index in [2.05, 4.69) is 10.7 Å². The van der Waals surface area contributed by atoms with Crippen LogP contribution < -0.4 is 4.74 Å². The van der Waals surface area contributed by atoms with Gasteiger partial charge >= 0.3 is 18.2 Å². The third-order valence-corrected chi connectivity index (χ3v) is 3.02. The van der Waals surface area contributed by atoms with Crippen LogP contribution in [-0.4, -0.2) is 49.4 Å². The number of ether oxygens (including phenoxy) is 2. The quantitative estimate of drug-likeness (QED) is 0.608. The first-order valence-electron chi connectivity index (χ1n) is 6.81. The fourth-order valence-corrected chi connectivity index (χ4v) is 1.91. The second kappa shape index (κ2) is 7.05. The summed E-state index contributed by atoms with van der Waals surface area (Å²) in [5, 5.41) is 0. The summed E-state index contributed by atoms with van der Waals surface area (Å²) in [4.78, 5) is 12.7. The summed E-state index contributed by atoms with van der Waals surface area (Å²) >= 11 is 0. The van der Waals surface area contributed by atoms with E-state index in [1.807, 2.05) is 0 Å². The molecule has 0 bridgehead atoms. The van der Waals surface area contributed by atoms with Gasteiger partial charge in [0.2, 0.25) is 0 Å². The summed E-state index contributed by atoms with van der Waals surface area (Å²) in [6.45, 7) is 0.463. The molecule has 0 radical (unpaired) electrons. The number of halogens is 5. The van der Waals surface area contributed by atoms with E-state index < -0.39 is 23.9 Å². The zero-order valence-electron chi connectivity index (χ0n) is 12.2. The lowest BCUT2D eigenvalue weighted by Crippen LogP contribution is -2.48. The van der Waals surface area contributed by atoms with E-state index in [1.165, 1.54) is 0 Å². The van der Waals surface area contributed by atoms with E-state index in [4.69, 9.17) is 4.74 Å². The van der Waals surface area contributed by atoms with E-state index in [0.717, 1.165) is 29.2 Å². The second-order valence-electron chi connectivity index (χ2n) is 4.80. The first kappa shape index (κ1) is 18.0. The smallest absolute Gasteiger partial charge is 0.406 e. The number of morpholine rings is 1. The maximum absolute atomic E-state index is 13.8.